The molecule has 0 spiro atoms. The standard InChI is InChI=1S/C8H11NO/c1-2-4-8-6-10-9-5-7(8)3-1/h2,4-5,8-9H,1,3,6H2. The molecule has 2 nitrogen and oxygen atoms in total. The van der Waals surface area contributed by atoms with E-state index in [1.807, 2.05) is 6.20 Å². The largest absolute Gasteiger partial charge is 0.276 e. The van der Waals surface area contributed by atoms with Crippen LogP contribution in [0.4, 0.5) is 0 Å². The van der Waals surface area contributed by atoms with Gasteiger partial charge in [-0.3, -0.25) is 10.3 Å². The Bertz CT molecular complexity index is 184. The second-order valence-electron chi connectivity index (χ2n) is 2.72. The van der Waals surface area contributed by atoms with Gasteiger partial charge >= 0.3 is 0 Å². The van der Waals surface area contributed by atoms with Crippen LogP contribution >= 0.6 is 0 Å². The summed E-state index contributed by atoms with van der Waals surface area (Å²) in [6.07, 6.45) is 8.83. The fourth-order valence-electron chi connectivity index (χ4n) is 1.42. The molecule has 1 N–H and O–H groups in total. The van der Waals surface area contributed by atoms with Crippen molar-refractivity contribution in [2.24, 2.45) is 5.92 Å². The molecule has 0 bridgehead atoms. The minimum Gasteiger partial charge on any atom is -0.276 e. The van der Waals surface area contributed by atoms with Crippen LogP contribution in [0.15, 0.2) is 23.9 Å². The third-order valence-electron chi connectivity index (χ3n) is 2.03. The molecule has 1 atom stereocenters. The molecule has 1 aliphatic carbocycles. The highest BCUT2D eigenvalue weighted by atomic mass is 16.6. The van der Waals surface area contributed by atoms with E-state index in [0.717, 1.165) is 6.61 Å². The van der Waals surface area contributed by atoms with Gasteiger partial charge in [-0.1, -0.05) is 12.2 Å². The van der Waals surface area contributed by atoms with E-state index < -0.39 is 0 Å². The zero-order valence-electron chi connectivity index (χ0n) is 5.84. The average Bonchev–Trinajstić information content (AvgIpc) is 2.05. The Hall–Kier alpha value is -0.760. The maximum atomic E-state index is 5.06. The summed E-state index contributed by atoms with van der Waals surface area (Å²) in [5.74, 6) is 0.551. The van der Waals surface area contributed by atoms with Gasteiger partial charge in [-0.25, -0.2) is 0 Å². The van der Waals surface area contributed by atoms with Crippen molar-refractivity contribution in [3.8, 4) is 0 Å². The molecule has 0 saturated carbocycles. The first-order valence-corrected chi connectivity index (χ1v) is 3.70. The predicted molar refractivity (Wildman–Crippen MR) is 39.0 cm³/mol. The maximum absolute atomic E-state index is 5.06. The smallest absolute Gasteiger partial charge is 0.0846 e. The average molecular weight is 137 g/mol. The van der Waals surface area contributed by atoms with Crippen molar-refractivity contribution in [1.29, 1.82) is 0 Å². The number of fused-ring (bicyclic) bond motifs is 1. The molecule has 2 aliphatic rings. The van der Waals surface area contributed by atoms with Crippen LogP contribution in [-0.2, 0) is 4.84 Å². The topological polar surface area (TPSA) is 21.3 Å². The molecule has 0 saturated heterocycles. The first-order valence-electron chi connectivity index (χ1n) is 3.70. The molecule has 1 heterocycles. The molecular formula is C8H11NO. The molecule has 0 aromatic carbocycles. The lowest BCUT2D eigenvalue weighted by Gasteiger charge is -2.24. The van der Waals surface area contributed by atoms with Crippen LogP contribution in [0.3, 0.4) is 0 Å². The lowest BCUT2D eigenvalue weighted by molar-refractivity contribution is 0.0448. The van der Waals surface area contributed by atoms with Gasteiger partial charge in [0.05, 0.1) is 6.61 Å². The van der Waals surface area contributed by atoms with E-state index in [2.05, 4.69) is 17.6 Å². The SMILES string of the molecule is C1=CC2CONC=C2CC1. The second kappa shape index (κ2) is 2.46. The van der Waals surface area contributed by atoms with Crippen molar-refractivity contribution in [2.75, 3.05) is 6.61 Å². The van der Waals surface area contributed by atoms with E-state index >= 15 is 0 Å². The quantitative estimate of drug-likeness (QED) is 0.509. The lowest BCUT2D eigenvalue weighted by atomic mass is 9.91. The number of hydrogen-bond donors (Lipinski definition) is 1. The number of hydroxylamine groups is 1. The minimum atomic E-state index is 0.551. The van der Waals surface area contributed by atoms with Gasteiger partial charge in [0, 0.05) is 12.1 Å². The van der Waals surface area contributed by atoms with Gasteiger partial charge in [0.1, 0.15) is 0 Å². The third-order valence-corrected chi connectivity index (χ3v) is 2.03. The Balaban J connectivity index is 2.20. The van der Waals surface area contributed by atoms with Crippen LogP contribution in [0.1, 0.15) is 12.8 Å². The summed E-state index contributed by atoms with van der Waals surface area (Å²) >= 11 is 0. The van der Waals surface area contributed by atoms with Crippen LogP contribution in [0, 0.1) is 5.92 Å². The molecule has 0 amide bonds. The van der Waals surface area contributed by atoms with Crippen molar-refractivity contribution in [1.82, 2.24) is 5.48 Å². The van der Waals surface area contributed by atoms with E-state index in [0.29, 0.717) is 5.92 Å². The van der Waals surface area contributed by atoms with Crippen LogP contribution in [0.2, 0.25) is 0 Å². The summed E-state index contributed by atoms with van der Waals surface area (Å²) < 4.78 is 0. The van der Waals surface area contributed by atoms with Crippen molar-refractivity contribution < 1.29 is 4.84 Å². The fourth-order valence-corrected chi connectivity index (χ4v) is 1.42. The zero-order chi connectivity index (χ0) is 6.81. The number of hydrogen-bond acceptors (Lipinski definition) is 2. The van der Waals surface area contributed by atoms with Crippen molar-refractivity contribution in [3.63, 3.8) is 0 Å². The Morgan fingerprint density at radius 1 is 1.60 bits per heavy atom. The number of nitrogens with one attached hydrogen (secondary N) is 1. The molecule has 0 aromatic heterocycles. The summed E-state index contributed by atoms with van der Waals surface area (Å²) in [6.45, 7) is 0.794. The molecule has 0 fully saturated rings. The summed E-state index contributed by atoms with van der Waals surface area (Å²) in [5.41, 5.74) is 4.27. The summed E-state index contributed by atoms with van der Waals surface area (Å²) in [6, 6.07) is 0. The summed E-state index contributed by atoms with van der Waals surface area (Å²) in [7, 11) is 0. The van der Waals surface area contributed by atoms with Crippen LogP contribution in [0.5, 0.6) is 0 Å². The van der Waals surface area contributed by atoms with Crippen molar-refractivity contribution in [3.05, 3.63) is 23.9 Å². The van der Waals surface area contributed by atoms with Crippen LogP contribution in [0.25, 0.3) is 0 Å². The van der Waals surface area contributed by atoms with E-state index in [1.54, 1.807) is 0 Å². The molecule has 2 rings (SSSR count). The molecular weight excluding hydrogens is 126 g/mol. The van der Waals surface area contributed by atoms with E-state index in [1.165, 1.54) is 18.4 Å². The predicted octanol–water partition coefficient (Wildman–Crippen LogP) is 1.37. The van der Waals surface area contributed by atoms with E-state index in [4.69, 9.17) is 4.84 Å². The maximum Gasteiger partial charge on any atom is 0.0846 e. The Kier molecular flexibility index (Phi) is 1.47. The van der Waals surface area contributed by atoms with Gasteiger partial charge in [0.25, 0.3) is 0 Å². The number of allylic oxidation sites excluding steroid dienone is 1. The molecule has 1 unspecified atom stereocenters. The zero-order valence-corrected chi connectivity index (χ0v) is 5.84. The van der Waals surface area contributed by atoms with Crippen molar-refractivity contribution in [2.45, 2.75) is 12.8 Å². The Labute approximate surface area is 60.5 Å². The highest BCUT2D eigenvalue weighted by molar-refractivity contribution is 5.18. The van der Waals surface area contributed by atoms with Gasteiger partial charge in [-0.15, -0.1) is 0 Å². The Morgan fingerprint density at radius 2 is 2.60 bits per heavy atom. The Morgan fingerprint density at radius 3 is 3.50 bits per heavy atom. The second-order valence-corrected chi connectivity index (χ2v) is 2.72. The lowest BCUT2D eigenvalue weighted by Crippen LogP contribution is -2.24. The van der Waals surface area contributed by atoms with Gasteiger partial charge in [-0.05, 0) is 18.4 Å². The molecule has 10 heavy (non-hydrogen) atoms. The van der Waals surface area contributed by atoms with Gasteiger partial charge in [0.2, 0.25) is 0 Å². The molecule has 0 radical (unpaired) electrons. The number of rotatable bonds is 0. The molecule has 0 aromatic rings. The van der Waals surface area contributed by atoms with Gasteiger partial charge in [-0.2, -0.15) is 0 Å². The van der Waals surface area contributed by atoms with Crippen molar-refractivity contribution >= 4 is 0 Å². The van der Waals surface area contributed by atoms with Gasteiger partial charge in [0.15, 0.2) is 0 Å². The van der Waals surface area contributed by atoms with Gasteiger partial charge < -0.3 is 0 Å². The summed E-state index contributed by atoms with van der Waals surface area (Å²) in [5, 5.41) is 0. The first kappa shape index (κ1) is 5.98. The van der Waals surface area contributed by atoms with Crippen LogP contribution in [-0.4, -0.2) is 6.61 Å². The molecule has 2 heteroatoms. The highest BCUT2D eigenvalue weighted by Gasteiger charge is 2.17. The molecule has 54 valence electrons. The summed E-state index contributed by atoms with van der Waals surface area (Å²) in [4.78, 5) is 5.06. The fraction of sp³-hybridized carbons (Fsp3) is 0.500. The highest BCUT2D eigenvalue weighted by Crippen LogP contribution is 2.24. The first-order chi connectivity index (χ1) is 4.97. The van der Waals surface area contributed by atoms with Crippen LogP contribution < -0.4 is 5.48 Å². The van der Waals surface area contributed by atoms with E-state index in [9.17, 15) is 0 Å². The third kappa shape index (κ3) is 0.948. The van der Waals surface area contributed by atoms with E-state index in [-0.39, 0.29) is 0 Å². The molecule has 1 aliphatic heterocycles. The monoisotopic (exact) mass is 137 g/mol. The normalized spacial score (nSPS) is 30.4. The minimum absolute atomic E-state index is 0.551.